The highest BCUT2D eigenvalue weighted by atomic mass is 16.5. The van der Waals surface area contributed by atoms with Gasteiger partial charge in [0.25, 0.3) is 0 Å². The quantitative estimate of drug-likeness (QED) is 0.570. The van der Waals surface area contributed by atoms with Gasteiger partial charge in [0.15, 0.2) is 0 Å². The highest BCUT2D eigenvalue weighted by molar-refractivity contribution is 5.96. The van der Waals surface area contributed by atoms with Crippen LogP contribution in [0.15, 0.2) is 42.5 Å². The van der Waals surface area contributed by atoms with Gasteiger partial charge in [-0.1, -0.05) is 18.2 Å². The van der Waals surface area contributed by atoms with E-state index in [1.54, 1.807) is 19.0 Å². The number of carbonyl (C=O) groups excluding carboxylic acids is 3. The van der Waals surface area contributed by atoms with Gasteiger partial charge in [-0.3, -0.25) is 19.3 Å². The van der Waals surface area contributed by atoms with Crippen LogP contribution in [0.3, 0.4) is 0 Å². The van der Waals surface area contributed by atoms with Gasteiger partial charge in [0.2, 0.25) is 17.7 Å². The summed E-state index contributed by atoms with van der Waals surface area (Å²) >= 11 is 0. The number of likely N-dealkylation sites (N-methyl/N-ethyl adjacent to an activating group) is 2. The molecule has 0 atom stereocenters. The topological polar surface area (TPSA) is 94.2 Å². The molecule has 1 saturated heterocycles. The van der Waals surface area contributed by atoms with Crippen LogP contribution >= 0.6 is 0 Å². The van der Waals surface area contributed by atoms with Crippen LogP contribution < -0.4 is 15.5 Å². The number of para-hydroxylation sites is 1. The van der Waals surface area contributed by atoms with Crippen LogP contribution in [-0.4, -0.2) is 87.6 Å². The molecule has 1 heterocycles. The monoisotopic (exact) mass is 481 g/mol. The predicted molar refractivity (Wildman–Crippen MR) is 138 cm³/mol. The number of amides is 3. The molecular weight excluding hydrogens is 446 g/mol. The maximum absolute atomic E-state index is 12.6. The fourth-order valence-electron chi connectivity index (χ4n) is 3.92. The summed E-state index contributed by atoms with van der Waals surface area (Å²) in [6.07, 6.45) is 0. The van der Waals surface area contributed by atoms with Gasteiger partial charge in [-0.2, -0.15) is 0 Å². The maximum Gasteiger partial charge on any atom is 0.243 e. The number of ether oxygens (including phenoxy) is 1. The summed E-state index contributed by atoms with van der Waals surface area (Å²) in [6.45, 7) is 7.01. The Balaban J connectivity index is 1.42. The van der Waals surface area contributed by atoms with Gasteiger partial charge in [0.1, 0.15) is 0 Å². The highest BCUT2D eigenvalue weighted by Crippen LogP contribution is 2.20. The van der Waals surface area contributed by atoms with Crippen LogP contribution in [0.1, 0.15) is 11.1 Å². The molecule has 1 fully saturated rings. The molecule has 1 aliphatic heterocycles. The lowest BCUT2D eigenvalue weighted by Gasteiger charge is -2.28. The van der Waals surface area contributed by atoms with Crippen molar-refractivity contribution in [1.29, 1.82) is 0 Å². The van der Waals surface area contributed by atoms with Gasteiger partial charge in [-0.25, -0.2) is 0 Å². The summed E-state index contributed by atoms with van der Waals surface area (Å²) in [6, 6.07) is 13.5. The number of anilines is 3. The van der Waals surface area contributed by atoms with Crippen molar-refractivity contribution in [3.05, 3.63) is 53.6 Å². The normalized spacial score (nSPS) is 13.5. The zero-order chi connectivity index (χ0) is 25.4. The third-order valence-corrected chi connectivity index (χ3v) is 5.90. The predicted octanol–water partition coefficient (Wildman–Crippen LogP) is 2.11. The zero-order valence-corrected chi connectivity index (χ0v) is 21.0. The molecule has 2 aromatic rings. The van der Waals surface area contributed by atoms with Crippen molar-refractivity contribution in [3.63, 3.8) is 0 Å². The third-order valence-electron chi connectivity index (χ3n) is 5.90. The highest BCUT2D eigenvalue weighted by Gasteiger charge is 2.18. The molecule has 188 valence electrons. The SMILES string of the molecule is Cc1cccc(C)c1NC(=O)CN(C)C(=O)CN(C)CC(=O)Nc1ccc(N2CCOCC2)cc1. The van der Waals surface area contributed by atoms with Crippen LogP contribution in [0, 0.1) is 13.8 Å². The van der Waals surface area contributed by atoms with E-state index in [0.717, 1.165) is 48.8 Å². The van der Waals surface area contributed by atoms with Gasteiger partial charge in [-0.05, 0) is 56.3 Å². The summed E-state index contributed by atoms with van der Waals surface area (Å²) in [7, 11) is 3.28. The van der Waals surface area contributed by atoms with Gasteiger partial charge in [0, 0.05) is 37.2 Å². The fraction of sp³-hybridized carbons (Fsp3) is 0.423. The second-order valence-corrected chi connectivity index (χ2v) is 8.93. The fourth-order valence-corrected chi connectivity index (χ4v) is 3.92. The summed E-state index contributed by atoms with van der Waals surface area (Å²) in [5.41, 5.74) is 4.50. The first-order chi connectivity index (χ1) is 16.7. The summed E-state index contributed by atoms with van der Waals surface area (Å²) in [4.78, 5) is 42.7. The molecule has 3 amide bonds. The number of rotatable bonds is 9. The van der Waals surface area contributed by atoms with Crippen molar-refractivity contribution in [3.8, 4) is 0 Å². The molecular formula is C26H35N5O4. The Kier molecular flexibility index (Phi) is 9.22. The molecule has 3 rings (SSSR count). The first kappa shape index (κ1) is 26.2. The number of nitrogens with zero attached hydrogens (tertiary/aromatic N) is 3. The summed E-state index contributed by atoms with van der Waals surface area (Å²) in [5, 5.41) is 5.74. The molecule has 0 unspecified atom stereocenters. The smallest absolute Gasteiger partial charge is 0.243 e. The molecule has 0 saturated carbocycles. The second-order valence-electron chi connectivity index (χ2n) is 8.93. The lowest BCUT2D eigenvalue weighted by atomic mass is 10.1. The molecule has 9 heteroatoms. The molecule has 2 N–H and O–H groups in total. The average molecular weight is 482 g/mol. The minimum atomic E-state index is -0.265. The number of aryl methyl sites for hydroxylation is 2. The Labute approximate surface area is 207 Å². The lowest BCUT2D eigenvalue weighted by Crippen LogP contribution is -2.42. The van der Waals surface area contributed by atoms with Crippen LogP contribution in [0.4, 0.5) is 17.1 Å². The van der Waals surface area contributed by atoms with Crippen molar-refractivity contribution in [2.24, 2.45) is 0 Å². The number of nitrogens with one attached hydrogen (secondary N) is 2. The van der Waals surface area contributed by atoms with E-state index in [1.165, 1.54) is 4.90 Å². The molecule has 0 aliphatic carbocycles. The molecule has 0 radical (unpaired) electrons. The van der Waals surface area contributed by atoms with Crippen molar-refractivity contribution in [1.82, 2.24) is 9.80 Å². The summed E-state index contributed by atoms with van der Waals surface area (Å²) < 4.78 is 5.38. The Morgan fingerprint density at radius 1 is 0.857 bits per heavy atom. The van der Waals surface area contributed by atoms with Crippen LogP contribution in [0.25, 0.3) is 0 Å². The number of morpholine rings is 1. The van der Waals surface area contributed by atoms with E-state index in [9.17, 15) is 14.4 Å². The lowest BCUT2D eigenvalue weighted by molar-refractivity contribution is -0.134. The number of hydrogen-bond acceptors (Lipinski definition) is 6. The van der Waals surface area contributed by atoms with E-state index < -0.39 is 0 Å². The van der Waals surface area contributed by atoms with E-state index in [1.807, 2.05) is 56.3 Å². The number of carbonyl (C=O) groups is 3. The standard InChI is InChI=1S/C26H35N5O4/c1-19-6-5-7-20(2)26(19)28-24(33)17-30(4)25(34)18-29(3)16-23(32)27-21-8-10-22(11-9-21)31-12-14-35-15-13-31/h5-11H,12-18H2,1-4H3,(H,27,32)(H,28,33). The van der Waals surface area contributed by atoms with Crippen LogP contribution in [-0.2, 0) is 19.1 Å². The molecule has 0 bridgehead atoms. The van der Waals surface area contributed by atoms with Crippen molar-refractivity contribution >= 4 is 34.8 Å². The van der Waals surface area contributed by atoms with Crippen molar-refractivity contribution in [2.45, 2.75) is 13.8 Å². The number of benzene rings is 2. The molecule has 0 spiro atoms. The van der Waals surface area contributed by atoms with Crippen molar-refractivity contribution < 1.29 is 19.1 Å². The Morgan fingerprint density at radius 2 is 1.46 bits per heavy atom. The Hall–Kier alpha value is -3.43. The molecule has 2 aromatic carbocycles. The number of hydrogen-bond donors (Lipinski definition) is 2. The van der Waals surface area contributed by atoms with E-state index in [4.69, 9.17) is 4.74 Å². The van der Waals surface area contributed by atoms with E-state index in [-0.39, 0.29) is 37.4 Å². The molecule has 9 nitrogen and oxygen atoms in total. The Bertz CT molecular complexity index is 1010. The minimum absolute atomic E-state index is 0.0244. The van der Waals surface area contributed by atoms with Crippen LogP contribution in [0.5, 0.6) is 0 Å². The van der Waals surface area contributed by atoms with Crippen LogP contribution in [0.2, 0.25) is 0 Å². The molecule has 35 heavy (non-hydrogen) atoms. The maximum atomic E-state index is 12.6. The zero-order valence-electron chi connectivity index (χ0n) is 21.0. The minimum Gasteiger partial charge on any atom is -0.378 e. The summed E-state index contributed by atoms with van der Waals surface area (Å²) in [5.74, 6) is -0.721. The largest absolute Gasteiger partial charge is 0.378 e. The second kappa shape index (κ2) is 12.3. The van der Waals surface area contributed by atoms with E-state index in [0.29, 0.717) is 5.69 Å². The van der Waals surface area contributed by atoms with Crippen molar-refractivity contribution in [2.75, 3.05) is 75.6 Å². The Morgan fingerprint density at radius 3 is 2.09 bits per heavy atom. The van der Waals surface area contributed by atoms with Gasteiger partial charge in [-0.15, -0.1) is 0 Å². The van der Waals surface area contributed by atoms with E-state index >= 15 is 0 Å². The van der Waals surface area contributed by atoms with E-state index in [2.05, 4.69) is 15.5 Å². The average Bonchev–Trinajstić information content (AvgIpc) is 2.82. The first-order valence-electron chi connectivity index (χ1n) is 11.7. The van der Waals surface area contributed by atoms with Gasteiger partial charge >= 0.3 is 0 Å². The third kappa shape index (κ3) is 7.80. The van der Waals surface area contributed by atoms with Gasteiger partial charge < -0.3 is 25.2 Å². The molecule has 0 aromatic heterocycles. The van der Waals surface area contributed by atoms with Gasteiger partial charge in [0.05, 0.1) is 32.8 Å². The molecule has 1 aliphatic rings. The first-order valence-corrected chi connectivity index (χ1v) is 11.7.